The molecule has 37 heavy (non-hydrogen) atoms. The van der Waals surface area contributed by atoms with Crippen LogP contribution >= 0.6 is 0 Å². The summed E-state index contributed by atoms with van der Waals surface area (Å²) in [5, 5.41) is 22.3. The van der Waals surface area contributed by atoms with E-state index >= 15 is 4.39 Å². The van der Waals surface area contributed by atoms with Gasteiger partial charge in [0, 0.05) is 38.0 Å². The molecule has 12 nitrogen and oxygen atoms in total. The van der Waals surface area contributed by atoms with Gasteiger partial charge < -0.3 is 30.8 Å². The summed E-state index contributed by atoms with van der Waals surface area (Å²) >= 11 is 0. The van der Waals surface area contributed by atoms with Gasteiger partial charge in [-0.1, -0.05) is 0 Å². The quantitative estimate of drug-likeness (QED) is 0.216. The van der Waals surface area contributed by atoms with Crippen molar-refractivity contribution in [3.63, 3.8) is 0 Å². The number of carbonyl (C=O) groups is 3. The molecule has 5 N–H and O–H groups in total. The summed E-state index contributed by atoms with van der Waals surface area (Å²) in [5.74, 6) is -2.33. The molecular weight excluding hydrogens is 499 g/mol. The van der Waals surface area contributed by atoms with Gasteiger partial charge in [-0.25, -0.2) is 14.6 Å². The highest BCUT2D eigenvalue weighted by molar-refractivity contribution is 5.90. The van der Waals surface area contributed by atoms with Gasteiger partial charge in [-0.3, -0.25) is 19.5 Å². The third kappa shape index (κ3) is 7.33. The molecule has 2 heterocycles. The molecule has 1 aromatic carbocycles. The van der Waals surface area contributed by atoms with Crippen LogP contribution in [0.5, 0.6) is 0 Å². The van der Waals surface area contributed by atoms with Gasteiger partial charge in [0.15, 0.2) is 0 Å². The molecule has 0 aliphatic carbocycles. The molecular formula is C22H28F3N7O5. The second-order valence-corrected chi connectivity index (χ2v) is 8.19. The van der Waals surface area contributed by atoms with Crippen LogP contribution in [0.3, 0.4) is 0 Å². The average molecular weight is 528 g/mol. The van der Waals surface area contributed by atoms with Crippen LogP contribution in [0.2, 0.25) is 0 Å². The first-order chi connectivity index (χ1) is 17.7. The lowest BCUT2D eigenvalue weighted by atomic mass is 10.2. The molecule has 1 atom stereocenters. The molecule has 0 saturated carbocycles. The van der Waals surface area contributed by atoms with E-state index in [-0.39, 0.29) is 50.0 Å². The van der Waals surface area contributed by atoms with Crippen molar-refractivity contribution in [1.29, 1.82) is 5.41 Å². The Kier molecular flexibility index (Phi) is 9.68. The van der Waals surface area contributed by atoms with Crippen molar-refractivity contribution in [2.24, 2.45) is 0 Å². The summed E-state index contributed by atoms with van der Waals surface area (Å²) in [6.07, 6.45) is -3.06. The van der Waals surface area contributed by atoms with Gasteiger partial charge >= 0.3 is 12.5 Å². The zero-order chi connectivity index (χ0) is 26.9. The number of anilines is 2. The highest BCUT2D eigenvalue weighted by atomic mass is 19.3. The Morgan fingerprint density at radius 1 is 1.27 bits per heavy atom. The number of benzene rings is 1. The first-order valence-electron chi connectivity index (χ1n) is 11.4. The van der Waals surface area contributed by atoms with Crippen molar-refractivity contribution < 1.29 is 37.4 Å². The van der Waals surface area contributed by atoms with Gasteiger partial charge in [0.2, 0.25) is 0 Å². The predicted octanol–water partition coefficient (Wildman–Crippen LogP) is 0.366. The molecule has 2 fully saturated rings. The van der Waals surface area contributed by atoms with Crippen molar-refractivity contribution in [1.82, 2.24) is 21.1 Å². The van der Waals surface area contributed by atoms with E-state index in [9.17, 15) is 23.2 Å². The molecule has 1 aromatic rings. The number of nitrogens with zero attached hydrogens (tertiary/aromatic N) is 3. The normalized spacial score (nSPS) is 18.6. The number of ether oxygens (including phenoxy) is 1. The fourth-order valence-corrected chi connectivity index (χ4v) is 3.78. The number of carbonyl (C=O) groups excluding carboxylic acids is 3. The molecule has 202 valence electrons. The van der Waals surface area contributed by atoms with Crippen LogP contribution in [-0.4, -0.2) is 99.1 Å². The molecule has 15 heteroatoms. The van der Waals surface area contributed by atoms with Crippen LogP contribution in [0.25, 0.3) is 0 Å². The zero-order valence-electron chi connectivity index (χ0n) is 19.8. The van der Waals surface area contributed by atoms with Gasteiger partial charge in [-0.05, 0) is 18.2 Å². The smallest absolute Gasteiger partial charge is 0.414 e. The zero-order valence-corrected chi connectivity index (χ0v) is 19.8. The Balaban J connectivity index is 1.55. The second-order valence-electron chi connectivity index (χ2n) is 8.19. The van der Waals surface area contributed by atoms with Crippen LogP contribution in [0.4, 0.5) is 29.3 Å². The lowest BCUT2D eigenvalue weighted by Gasteiger charge is -2.24. The van der Waals surface area contributed by atoms with E-state index in [2.05, 4.69) is 10.7 Å². The van der Waals surface area contributed by atoms with E-state index in [0.717, 1.165) is 23.4 Å². The maximum Gasteiger partial charge on any atom is 0.414 e. The lowest BCUT2D eigenvalue weighted by Crippen LogP contribution is -2.47. The van der Waals surface area contributed by atoms with Gasteiger partial charge in [0.05, 0.1) is 43.8 Å². The molecule has 2 aliphatic heterocycles. The SMILES string of the molecule is N=C/C(=C\O)CNCC(=O)N1CCN(c2ccc(N3C[C@H](CNC(=O)C(F)F)OC3=O)cc2F)CCN1. The van der Waals surface area contributed by atoms with E-state index in [1.165, 1.54) is 17.1 Å². The maximum absolute atomic E-state index is 15.0. The fourth-order valence-electron chi connectivity index (χ4n) is 3.78. The van der Waals surface area contributed by atoms with E-state index in [4.69, 9.17) is 15.3 Å². The summed E-state index contributed by atoms with van der Waals surface area (Å²) in [6, 6.07) is 4.20. The number of amides is 3. The monoisotopic (exact) mass is 527 g/mol. The number of rotatable bonds is 10. The Bertz CT molecular complexity index is 1040. The van der Waals surface area contributed by atoms with Crippen LogP contribution in [0.15, 0.2) is 30.0 Å². The van der Waals surface area contributed by atoms with Gasteiger partial charge in [0.1, 0.15) is 11.9 Å². The lowest BCUT2D eigenvalue weighted by molar-refractivity contribution is -0.133. The highest BCUT2D eigenvalue weighted by Gasteiger charge is 2.33. The summed E-state index contributed by atoms with van der Waals surface area (Å²) in [7, 11) is 0. The predicted molar refractivity (Wildman–Crippen MR) is 127 cm³/mol. The molecule has 3 amide bonds. The van der Waals surface area contributed by atoms with Crippen molar-refractivity contribution in [2.75, 3.05) is 62.2 Å². The van der Waals surface area contributed by atoms with E-state index < -0.39 is 30.3 Å². The Labute approximate surface area is 210 Å². The van der Waals surface area contributed by atoms with Crippen LogP contribution in [0, 0.1) is 11.2 Å². The van der Waals surface area contributed by atoms with Crippen LogP contribution < -0.4 is 25.9 Å². The van der Waals surface area contributed by atoms with Gasteiger partial charge in [-0.15, -0.1) is 0 Å². The number of hydrogen-bond acceptors (Lipinski definition) is 9. The first-order valence-corrected chi connectivity index (χ1v) is 11.4. The van der Waals surface area contributed by atoms with Crippen molar-refractivity contribution in [3.05, 3.63) is 35.9 Å². The van der Waals surface area contributed by atoms with E-state index in [1.54, 1.807) is 4.90 Å². The number of cyclic esters (lactones) is 1. The number of nitrogens with one attached hydrogen (secondary N) is 4. The second kappa shape index (κ2) is 12.9. The van der Waals surface area contributed by atoms with Crippen molar-refractivity contribution in [2.45, 2.75) is 12.5 Å². The third-order valence-electron chi connectivity index (χ3n) is 5.70. The molecule has 0 aromatic heterocycles. The Hall–Kier alpha value is -3.85. The summed E-state index contributed by atoms with van der Waals surface area (Å²) < 4.78 is 44.8. The number of hydrogen-bond donors (Lipinski definition) is 5. The number of alkyl halides is 2. The molecule has 0 bridgehead atoms. The average Bonchev–Trinajstić information content (AvgIpc) is 3.08. The summed E-state index contributed by atoms with van der Waals surface area (Å²) in [6.45, 7) is 1.14. The topological polar surface area (TPSA) is 150 Å². The Morgan fingerprint density at radius 2 is 2.05 bits per heavy atom. The number of halogens is 3. The highest BCUT2D eigenvalue weighted by Crippen LogP contribution is 2.28. The molecule has 2 saturated heterocycles. The minimum Gasteiger partial charge on any atom is -0.515 e. The summed E-state index contributed by atoms with van der Waals surface area (Å²) in [5.41, 5.74) is 3.79. The number of aliphatic hydroxyl groups excluding tert-OH is 1. The standard InChI is InChI=1S/C22H28F3N7O5/c23-17-7-15(31-12-16(37-22(31)36)10-28-21(35)20(24)25)1-2-18(17)30-4-3-29-32(6-5-30)19(34)11-27-9-14(8-26)13-33/h1-2,7-8,13,16,20,26-27,29,33H,3-6,9-12H2,(H,28,35)/b14-13+,26-8?/t16-/m0/s1. The van der Waals surface area contributed by atoms with Gasteiger partial charge in [0.25, 0.3) is 11.8 Å². The Morgan fingerprint density at radius 3 is 2.73 bits per heavy atom. The number of hydrazine groups is 1. The van der Waals surface area contributed by atoms with Crippen LogP contribution in [-0.2, 0) is 14.3 Å². The minimum absolute atomic E-state index is 0.0278. The van der Waals surface area contributed by atoms with Gasteiger partial charge in [-0.2, -0.15) is 8.78 Å². The van der Waals surface area contributed by atoms with Crippen molar-refractivity contribution in [3.8, 4) is 0 Å². The first kappa shape index (κ1) is 27.7. The fraction of sp³-hybridized carbons (Fsp3) is 0.455. The van der Waals surface area contributed by atoms with Crippen LogP contribution in [0.1, 0.15) is 0 Å². The molecule has 0 spiro atoms. The molecule has 0 radical (unpaired) electrons. The van der Waals surface area contributed by atoms with Crippen molar-refractivity contribution >= 4 is 35.5 Å². The summed E-state index contributed by atoms with van der Waals surface area (Å²) in [4.78, 5) is 38.6. The minimum atomic E-state index is -3.18. The molecule has 3 rings (SSSR count). The molecule has 2 aliphatic rings. The third-order valence-corrected chi connectivity index (χ3v) is 5.70. The number of aliphatic hydroxyl groups is 1. The maximum atomic E-state index is 15.0. The molecule has 0 unspecified atom stereocenters. The largest absolute Gasteiger partial charge is 0.515 e. The van der Waals surface area contributed by atoms with E-state index in [0.29, 0.717) is 25.2 Å². The van der Waals surface area contributed by atoms with E-state index in [1.807, 2.05) is 5.32 Å².